The van der Waals surface area contributed by atoms with E-state index in [0.717, 1.165) is 5.69 Å². The molecule has 2 rings (SSSR count). The number of hydrogen-bond donors (Lipinski definition) is 1. The maximum Gasteiger partial charge on any atom is 0.103 e. The fourth-order valence-electron chi connectivity index (χ4n) is 1.36. The SMILES string of the molecule is N#CCNc1ccccc1.N#Cc1cccc(C#N)c1. The van der Waals surface area contributed by atoms with Crippen molar-refractivity contribution in [2.24, 2.45) is 0 Å². The van der Waals surface area contributed by atoms with Crippen molar-refractivity contribution in [2.45, 2.75) is 0 Å². The van der Waals surface area contributed by atoms with Gasteiger partial charge in [-0.05, 0) is 30.3 Å². The lowest BCUT2D eigenvalue weighted by molar-refractivity contribution is 1.32. The standard InChI is InChI=1S/C8H4N2.C8H8N2/c9-5-7-2-1-3-8(4-7)6-10;9-6-7-10-8-4-2-1-3-5-8/h1-4H;1-5,10H,7H2. The number of nitrogens with one attached hydrogen (secondary N) is 1. The minimum Gasteiger partial charge on any atom is -0.372 e. The molecule has 96 valence electrons. The summed E-state index contributed by atoms with van der Waals surface area (Å²) in [5.41, 5.74) is 2.04. The highest BCUT2D eigenvalue weighted by Crippen LogP contribution is 2.03. The highest BCUT2D eigenvalue weighted by molar-refractivity contribution is 5.43. The Morgan fingerprint density at radius 1 is 0.800 bits per heavy atom. The highest BCUT2D eigenvalue weighted by atomic mass is 14.9. The van der Waals surface area contributed by atoms with Crippen LogP contribution in [0.15, 0.2) is 54.6 Å². The summed E-state index contributed by atoms with van der Waals surface area (Å²) in [5.74, 6) is 0. The summed E-state index contributed by atoms with van der Waals surface area (Å²) in [5, 5.41) is 27.9. The number of nitriles is 3. The third kappa shape index (κ3) is 5.36. The Bertz CT molecular complexity index is 628. The molecule has 0 aromatic heterocycles. The van der Waals surface area contributed by atoms with Gasteiger partial charge in [0, 0.05) is 5.69 Å². The van der Waals surface area contributed by atoms with Crippen LogP contribution in [0.1, 0.15) is 11.1 Å². The average molecular weight is 260 g/mol. The second kappa shape index (κ2) is 8.75. The van der Waals surface area contributed by atoms with Gasteiger partial charge in [-0.2, -0.15) is 15.8 Å². The summed E-state index contributed by atoms with van der Waals surface area (Å²) in [6.45, 7) is 0.365. The van der Waals surface area contributed by atoms with Crippen LogP contribution in [-0.4, -0.2) is 6.54 Å². The molecule has 4 nitrogen and oxygen atoms in total. The fraction of sp³-hybridized carbons (Fsp3) is 0.0625. The van der Waals surface area contributed by atoms with E-state index in [9.17, 15) is 0 Å². The second-order valence-corrected chi connectivity index (χ2v) is 3.68. The van der Waals surface area contributed by atoms with Crippen LogP contribution < -0.4 is 5.32 Å². The molecule has 0 spiro atoms. The molecule has 2 aromatic rings. The lowest BCUT2D eigenvalue weighted by atomic mass is 10.2. The number of benzene rings is 2. The van der Waals surface area contributed by atoms with Crippen molar-refractivity contribution in [3.63, 3.8) is 0 Å². The van der Waals surface area contributed by atoms with Gasteiger partial charge in [-0.1, -0.05) is 24.3 Å². The minimum absolute atomic E-state index is 0.365. The van der Waals surface area contributed by atoms with Crippen LogP contribution in [0.3, 0.4) is 0 Å². The van der Waals surface area contributed by atoms with Crippen LogP contribution in [0.5, 0.6) is 0 Å². The van der Waals surface area contributed by atoms with Crippen molar-refractivity contribution >= 4 is 5.69 Å². The van der Waals surface area contributed by atoms with E-state index in [1.807, 2.05) is 48.5 Å². The second-order valence-electron chi connectivity index (χ2n) is 3.68. The number of hydrogen-bond acceptors (Lipinski definition) is 4. The van der Waals surface area contributed by atoms with E-state index in [0.29, 0.717) is 17.7 Å². The van der Waals surface area contributed by atoms with E-state index in [2.05, 4.69) is 5.32 Å². The van der Waals surface area contributed by atoms with E-state index >= 15 is 0 Å². The van der Waals surface area contributed by atoms with Gasteiger partial charge >= 0.3 is 0 Å². The van der Waals surface area contributed by atoms with Crippen molar-refractivity contribution in [2.75, 3.05) is 11.9 Å². The van der Waals surface area contributed by atoms with Crippen LogP contribution in [0.2, 0.25) is 0 Å². The summed E-state index contributed by atoms with van der Waals surface area (Å²) in [6, 6.07) is 22.1. The lowest BCUT2D eigenvalue weighted by Crippen LogP contribution is -1.96. The topological polar surface area (TPSA) is 83.4 Å². The zero-order valence-electron chi connectivity index (χ0n) is 10.7. The molecule has 0 unspecified atom stereocenters. The largest absolute Gasteiger partial charge is 0.372 e. The van der Waals surface area contributed by atoms with Gasteiger partial charge < -0.3 is 5.32 Å². The van der Waals surface area contributed by atoms with Crippen molar-refractivity contribution in [3.05, 3.63) is 65.7 Å². The first-order chi connectivity index (χ1) is 9.80. The van der Waals surface area contributed by atoms with Gasteiger partial charge in [0.2, 0.25) is 0 Å². The van der Waals surface area contributed by atoms with E-state index in [1.54, 1.807) is 24.3 Å². The Hall–Kier alpha value is -3.29. The third-order valence-electron chi connectivity index (χ3n) is 2.27. The number of anilines is 1. The molecule has 4 heteroatoms. The Kier molecular flexibility index (Phi) is 6.46. The van der Waals surface area contributed by atoms with Crippen LogP contribution >= 0.6 is 0 Å². The van der Waals surface area contributed by atoms with Crippen molar-refractivity contribution < 1.29 is 0 Å². The van der Waals surface area contributed by atoms with Gasteiger partial charge in [0.15, 0.2) is 0 Å². The molecule has 2 aromatic carbocycles. The number of para-hydroxylation sites is 1. The zero-order valence-corrected chi connectivity index (χ0v) is 10.7. The molecular formula is C16H12N4. The predicted molar refractivity (Wildman–Crippen MR) is 76.4 cm³/mol. The van der Waals surface area contributed by atoms with Crippen molar-refractivity contribution in [1.82, 2.24) is 0 Å². The van der Waals surface area contributed by atoms with E-state index in [1.165, 1.54) is 0 Å². The molecule has 0 fully saturated rings. The van der Waals surface area contributed by atoms with Gasteiger partial charge in [-0.3, -0.25) is 0 Å². The average Bonchev–Trinajstić information content (AvgIpc) is 2.54. The molecule has 0 amide bonds. The Balaban J connectivity index is 0.000000200. The lowest BCUT2D eigenvalue weighted by Gasteiger charge is -1.97. The van der Waals surface area contributed by atoms with Gasteiger partial charge in [-0.15, -0.1) is 0 Å². The van der Waals surface area contributed by atoms with Gasteiger partial charge in [-0.25, -0.2) is 0 Å². The van der Waals surface area contributed by atoms with Crippen molar-refractivity contribution in [3.8, 4) is 18.2 Å². The third-order valence-corrected chi connectivity index (χ3v) is 2.27. The van der Waals surface area contributed by atoms with Gasteiger partial charge in [0.1, 0.15) is 6.54 Å². The summed E-state index contributed by atoms with van der Waals surface area (Å²) in [7, 11) is 0. The van der Waals surface area contributed by atoms with Gasteiger partial charge in [0.25, 0.3) is 0 Å². The number of rotatable bonds is 2. The van der Waals surface area contributed by atoms with Crippen LogP contribution in [0.4, 0.5) is 5.69 Å². The molecule has 1 N–H and O–H groups in total. The molecule has 20 heavy (non-hydrogen) atoms. The normalized spacial score (nSPS) is 8.05. The molecule has 0 atom stereocenters. The Morgan fingerprint density at radius 3 is 1.90 bits per heavy atom. The fourth-order valence-corrected chi connectivity index (χ4v) is 1.36. The molecule has 0 saturated heterocycles. The summed E-state index contributed by atoms with van der Waals surface area (Å²) in [4.78, 5) is 0. The molecule has 0 aliphatic carbocycles. The maximum atomic E-state index is 8.40. The van der Waals surface area contributed by atoms with Gasteiger partial charge in [0.05, 0.1) is 29.3 Å². The maximum absolute atomic E-state index is 8.40. The summed E-state index contributed by atoms with van der Waals surface area (Å²) < 4.78 is 0. The zero-order chi connectivity index (χ0) is 14.6. The molecule has 0 heterocycles. The molecule has 0 saturated carbocycles. The highest BCUT2D eigenvalue weighted by Gasteiger charge is 1.90. The monoisotopic (exact) mass is 260 g/mol. The molecule has 0 aliphatic rings. The summed E-state index contributed by atoms with van der Waals surface area (Å²) in [6.07, 6.45) is 0. The van der Waals surface area contributed by atoms with Crippen LogP contribution in [0, 0.1) is 34.0 Å². The minimum atomic E-state index is 0.365. The van der Waals surface area contributed by atoms with E-state index < -0.39 is 0 Å². The Morgan fingerprint density at radius 2 is 1.40 bits per heavy atom. The first kappa shape index (κ1) is 14.8. The molecule has 0 bridgehead atoms. The van der Waals surface area contributed by atoms with E-state index in [-0.39, 0.29) is 0 Å². The number of nitrogens with zero attached hydrogens (tertiary/aromatic N) is 3. The molecule has 0 aliphatic heterocycles. The Labute approximate surface area is 118 Å². The van der Waals surface area contributed by atoms with E-state index in [4.69, 9.17) is 15.8 Å². The summed E-state index contributed by atoms with van der Waals surface area (Å²) >= 11 is 0. The van der Waals surface area contributed by atoms with Crippen LogP contribution in [-0.2, 0) is 0 Å². The first-order valence-electron chi connectivity index (χ1n) is 5.86. The van der Waals surface area contributed by atoms with Crippen LogP contribution in [0.25, 0.3) is 0 Å². The van der Waals surface area contributed by atoms with Crippen molar-refractivity contribution in [1.29, 1.82) is 15.8 Å². The first-order valence-corrected chi connectivity index (χ1v) is 5.86. The predicted octanol–water partition coefficient (Wildman–Crippen LogP) is 3.05. The quantitative estimate of drug-likeness (QED) is 0.841. The molecular weight excluding hydrogens is 248 g/mol. The molecule has 0 radical (unpaired) electrons. The smallest absolute Gasteiger partial charge is 0.103 e.